The Kier molecular flexibility index (Phi) is 4.65. The van der Waals surface area contributed by atoms with Gasteiger partial charge < -0.3 is 0 Å². The van der Waals surface area contributed by atoms with Gasteiger partial charge in [0.15, 0.2) is 0 Å². The highest BCUT2D eigenvalue weighted by molar-refractivity contribution is 6.32. The lowest BCUT2D eigenvalue weighted by Gasteiger charge is -2.03. The van der Waals surface area contributed by atoms with Gasteiger partial charge >= 0.3 is 0 Å². The number of benzene rings is 2. The Hall–Kier alpha value is -2.27. The molecule has 0 amide bonds. The molecule has 0 radical (unpaired) electrons. The van der Waals surface area contributed by atoms with E-state index in [1.165, 1.54) is 36.4 Å². The molecule has 0 unspecified atom stereocenters. The minimum Gasteiger partial charge on any atom is -0.299 e. The van der Waals surface area contributed by atoms with Gasteiger partial charge in [-0.05, 0) is 29.3 Å². The normalized spacial score (nSPS) is 10.4. The number of nitro groups is 1. The van der Waals surface area contributed by atoms with E-state index in [4.69, 9.17) is 11.6 Å². The van der Waals surface area contributed by atoms with E-state index in [9.17, 15) is 19.3 Å². The van der Waals surface area contributed by atoms with Crippen molar-refractivity contribution in [2.24, 2.45) is 0 Å². The zero-order valence-corrected chi connectivity index (χ0v) is 11.6. The number of hydrogen-bond donors (Lipinski definition) is 0. The van der Waals surface area contributed by atoms with Crippen molar-refractivity contribution in [2.75, 3.05) is 0 Å². The number of Topliss-reactive ketones (excluding diaryl/α,β-unsaturated/α-hetero) is 1. The summed E-state index contributed by atoms with van der Waals surface area (Å²) in [4.78, 5) is 22.1. The van der Waals surface area contributed by atoms with Crippen LogP contribution in [0.1, 0.15) is 11.1 Å². The van der Waals surface area contributed by atoms with E-state index in [0.29, 0.717) is 11.1 Å². The van der Waals surface area contributed by atoms with Crippen LogP contribution in [0.25, 0.3) is 0 Å². The third kappa shape index (κ3) is 4.10. The summed E-state index contributed by atoms with van der Waals surface area (Å²) in [6, 6.07) is 9.93. The van der Waals surface area contributed by atoms with Crippen LogP contribution in [0.15, 0.2) is 42.5 Å². The Morgan fingerprint density at radius 3 is 2.29 bits per heavy atom. The first kappa shape index (κ1) is 15.1. The fourth-order valence-electron chi connectivity index (χ4n) is 1.93. The number of ketones is 1. The summed E-state index contributed by atoms with van der Waals surface area (Å²) in [6.07, 6.45) is 0.214. The van der Waals surface area contributed by atoms with E-state index in [2.05, 4.69) is 0 Å². The third-order valence-corrected chi connectivity index (χ3v) is 3.24. The van der Waals surface area contributed by atoms with Crippen LogP contribution in [0.4, 0.5) is 10.1 Å². The summed E-state index contributed by atoms with van der Waals surface area (Å²) in [5.74, 6) is -0.474. The van der Waals surface area contributed by atoms with E-state index in [1.54, 1.807) is 6.07 Å². The van der Waals surface area contributed by atoms with E-state index in [1.807, 2.05) is 0 Å². The number of halogens is 2. The average Bonchev–Trinajstić information content (AvgIpc) is 2.43. The Morgan fingerprint density at radius 2 is 1.67 bits per heavy atom. The first-order valence-electron chi connectivity index (χ1n) is 6.14. The molecule has 2 aromatic rings. The molecule has 21 heavy (non-hydrogen) atoms. The molecule has 2 rings (SSSR count). The molecular weight excluding hydrogens is 297 g/mol. The second-order valence-corrected chi connectivity index (χ2v) is 4.97. The number of rotatable bonds is 5. The lowest BCUT2D eigenvalue weighted by molar-refractivity contribution is -0.384. The summed E-state index contributed by atoms with van der Waals surface area (Å²) in [7, 11) is 0. The van der Waals surface area contributed by atoms with Crippen LogP contribution >= 0.6 is 11.6 Å². The fraction of sp³-hybridized carbons (Fsp3) is 0.133. The molecule has 0 saturated carbocycles. The van der Waals surface area contributed by atoms with Crippen molar-refractivity contribution in [2.45, 2.75) is 12.8 Å². The van der Waals surface area contributed by atoms with Crippen LogP contribution in [0.3, 0.4) is 0 Å². The van der Waals surface area contributed by atoms with Crippen LogP contribution in [0, 0.1) is 15.9 Å². The average molecular weight is 308 g/mol. The molecule has 2 aromatic carbocycles. The van der Waals surface area contributed by atoms with Gasteiger partial charge in [0.1, 0.15) is 16.6 Å². The van der Waals surface area contributed by atoms with Crippen LogP contribution < -0.4 is 0 Å². The molecule has 0 heterocycles. The maximum atomic E-state index is 12.8. The van der Waals surface area contributed by atoms with Gasteiger partial charge in [-0.2, -0.15) is 0 Å². The second kappa shape index (κ2) is 6.45. The monoisotopic (exact) mass is 307 g/mol. The van der Waals surface area contributed by atoms with Gasteiger partial charge in [0.25, 0.3) is 5.69 Å². The Labute approximate surface area is 125 Å². The Bertz CT molecular complexity index is 686. The molecular formula is C15H11ClFNO3. The minimum atomic E-state index is -0.587. The molecule has 0 N–H and O–H groups in total. The molecule has 0 aliphatic heterocycles. The number of hydrogen-bond acceptors (Lipinski definition) is 3. The zero-order valence-electron chi connectivity index (χ0n) is 10.9. The van der Waals surface area contributed by atoms with E-state index in [-0.39, 0.29) is 35.2 Å². The van der Waals surface area contributed by atoms with Crippen LogP contribution in [-0.2, 0) is 17.6 Å². The van der Waals surface area contributed by atoms with Gasteiger partial charge in [0.2, 0.25) is 0 Å². The lowest BCUT2D eigenvalue weighted by Crippen LogP contribution is -2.07. The van der Waals surface area contributed by atoms with Gasteiger partial charge in [-0.1, -0.05) is 29.8 Å². The lowest BCUT2D eigenvalue weighted by atomic mass is 10.0. The molecule has 0 aliphatic rings. The fourth-order valence-corrected chi connectivity index (χ4v) is 2.11. The van der Waals surface area contributed by atoms with E-state index < -0.39 is 4.92 Å². The second-order valence-electron chi connectivity index (χ2n) is 4.56. The highest BCUT2D eigenvalue weighted by Gasteiger charge is 2.14. The number of nitro benzene ring substituents is 1. The first-order valence-corrected chi connectivity index (χ1v) is 6.52. The predicted molar refractivity (Wildman–Crippen MR) is 76.9 cm³/mol. The highest BCUT2D eigenvalue weighted by Crippen LogP contribution is 2.25. The van der Waals surface area contributed by atoms with Crippen molar-refractivity contribution in [3.05, 3.63) is 74.5 Å². The summed E-state index contributed by atoms with van der Waals surface area (Å²) in [6.45, 7) is 0. The minimum absolute atomic E-state index is 0.0368. The summed E-state index contributed by atoms with van der Waals surface area (Å²) in [5, 5.41) is 10.8. The maximum Gasteiger partial charge on any atom is 0.288 e. The van der Waals surface area contributed by atoms with Gasteiger partial charge in [-0.15, -0.1) is 0 Å². The molecule has 6 heteroatoms. The Balaban J connectivity index is 2.07. The summed E-state index contributed by atoms with van der Waals surface area (Å²) >= 11 is 5.71. The molecule has 0 aliphatic carbocycles. The van der Waals surface area contributed by atoms with Crippen molar-refractivity contribution in [1.29, 1.82) is 0 Å². The predicted octanol–water partition coefficient (Wildman–Crippen LogP) is 3.74. The number of carbonyl (C=O) groups excluding carboxylic acids is 1. The van der Waals surface area contributed by atoms with Crippen LogP contribution in [-0.4, -0.2) is 10.7 Å². The molecule has 0 saturated heterocycles. The van der Waals surface area contributed by atoms with Crippen LogP contribution in [0.2, 0.25) is 5.02 Å². The molecule has 0 spiro atoms. The van der Waals surface area contributed by atoms with E-state index in [0.717, 1.165) is 0 Å². The molecule has 108 valence electrons. The molecule has 0 aromatic heterocycles. The maximum absolute atomic E-state index is 12.8. The number of nitrogens with zero attached hydrogens (tertiary/aromatic N) is 1. The molecule has 0 bridgehead atoms. The third-order valence-electron chi connectivity index (χ3n) is 2.92. The SMILES string of the molecule is O=C(Cc1ccc(F)cc1)Cc1ccc(Cl)c([N+](=O)[O-])c1. The number of carbonyl (C=O) groups is 1. The topological polar surface area (TPSA) is 60.2 Å². The quantitative estimate of drug-likeness (QED) is 0.624. The molecule has 0 fully saturated rings. The Morgan fingerprint density at radius 1 is 1.10 bits per heavy atom. The molecule has 0 atom stereocenters. The highest BCUT2D eigenvalue weighted by atomic mass is 35.5. The van der Waals surface area contributed by atoms with Crippen LogP contribution in [0.5, 0.6) is 0 Å². The van der Waals surface area contributed by atoms with Crippen molar-refractivity contribution >= 4 is 23.1 Å². The van der Waals surface area contributed by atoms with Gasteiger partial charge in [-0.3, -0.25) is 14.9 Å². The van der Waals surface area contributed by atoms with Gasteiger partial charge in [0, 0.05) is 18.9 Å². The van der Waals surface area contributed by atoms with Crippen molar-refractivity contribution in [3.8, 4) is 0 Å². The smallest absolute Gasteiger partial charge is 0.288 e. The first-order chi connectivity index (χ1) is 9.95. The standard InChI is InChI=1S/C15H11ClFNO3/c16-14-6-3-11(9-15(14)18(20)21)8-13(19)7-10-1-4-12(17)5-2-10/h1-6,9H,7-8H2. The van der Waals surface area contributed by atoms with Gasteiger partial charge in [-0.25, -0.2) is 4.39 Å². The van der Waals surface area contributed by atoms with Crippen molar-refractivity contribution < 1.29 is 14.1 Å². The van der Waals surface area contributed by atoms with E-state index >= 15 is 0 Å². The summed E-state index contributed by atoms with van der Waals surface area (Å²) in [5.41, 5.74) is 1.01. The van der Waals surface area contributed by atoms with Crippen molar-refractivity contribution in [3.63, 3.8) is 0 Å². The molecule has 4 nitrogen and oxygen atoms in total. The zero-order chi connectivity index (χ0) is 15.4. The largest absolute Gasteiger partial charge is 0.299 e. The van der Waals surface area contributed by atoms with Crippen molar-refractivity contribution in [1.82, 2.24) is 0 Å². The summed E-state index contributed by atoms with van der Waals surface area (Å²) < 4.78 is 12.8. The van der Waals surface area contributed by atoms with Gasteiger partial charge in [0.05, 0.1) is 4.92 Å².